The fourth-order valence-corrected chi connectivity index (χ4v) is 3.52. The van der Waals surface area contributed by atoms with Gasteiger partial charge in [-0.1, -0.05) is 24.3 Å². The van der Waals surface area contributed by atoms with Crippen molar-refractivity contribution in [2.24, 2.45) is 5.14 Å². The molecule has 2 N–H and O–H groups in total. The van der Waals surface area contributed by atoms with E-state index in [9.17, 15) is 26.0 Å². The van der Waals surface area contributed by atoms with Crippen molar-refractivity contribution in [3.63, 3.8) is 0 Å². The Bertz CT molecular complexity index is 1170. The van der Waals surface area contributed by atoms with E-state index in [2.05, 4.69) is 5.10 Å². The van der Waals surface area contributed by atoms with Gasteiger partial charge in [-0.2, -0.15) is 18.3 Å². The second-order valence-electron chi connectivity index (χ2n) is 6.42. The lowest BCUT2D eigenvalue weighted by Crippen LogP contribution is -2.15. The molecule has 0 saturated heterocycles. The molecule has 0 radical (unpaired) electrons. The average Bonchev–Trinajstić information content (AvgIpc) is 3.03. The van der Waals surface area contributed by atoms with Crippen molar-refractivity contribution in [1.29, 1.82) is 0 Å². The van der Waals surface area contributed by atoms with E-state index in [0.717, 1.165) is 10.7 Å². The second kappa shape index (κ2) is 7.27. The predicted molar refractivity (Wildman–Crippen MR) is 99.8 cm³/mol. The summed E-state index contributed by atoms with van der Waals surface area (Å²) in [6.45, 7) is 2.95. The number of hydrogen-bond acceptors (Lipinski definition) is 3. The van der Waals surface area contributed by atoms with Gasteiger partial charge in [0.25, 0.3) is 0 Å². The van der Waals surface area contributed by atoms with Crippen LogP contribution in [0.2, 0.25) is 0 Å². The highest BCUT2D eigenvalue weighted by atomic mass is 32.2. The van der Waals surface area contributed by atoms with E-state index in [0.29, 0.717) is 5.56 Å². The number of alkyl halides is 3. The van der Waals surface area contributed by atoms with Gasteiger partial charge in [-0.05, 0) is 43.2 Å². The Morgan fingerprint density at radius 2 is 1.66 bits per heavy atom. The van der Waals surface area contributed by atoms with Crippen molar-refractivity contribution < 1.29 is 26.0 Å². The summed E-state index contributed by atoms with van der Waals surface area (Å²) in [7, 11) is -3.96. The van der Waals surface area contributed by atoms with Crippen LogP contribution in [-0.4, -0.2) is 18.2 Å². The zero-order valence-corrected chi connectivity index (χ0v) is 16.3. The molecule has 3 rings (SSSR count). The molecule has 0 fully saturated rings. The minimum absolute atomic E-state index is 0.0191. The number of halogens is 4. The Balaban J connectivity index is 2.32. The highest BCUT2D eigenvalue weighted by Gasteiger charge is 2.40. The van der Waals surface area contributed by atoms with Crippen molar-refractivity contribution in [1.82, 2.24) is 9.78 Å². The SMILES string of the molecule is CCn1nc(-c2ccc(S(N)(=O)=O)cc2)c(-c2ccc(C)c(F)c2)c1C(F)(F)F. The third-order valence-corrected chi connectivity index (χ3v) is 5.37. The van der Waals surface area contributed by atoms with E-state index >= 15 is 0 Å². The summed E-state index contributed by atoms with van der Waals surface area (Å²) in [5.74, 6) is -0.643. The molecule has 0 unspecified atom stereocenters. The number of nitrogens with two attached hydrogens (primary N) is 1. The van der Waals surface area contributed by atoms with Crippen molar-refractivity contribution in [2.75, 3.05) is 0 Å². The van der Waals surface area contributed by atoms with Crippen molar-refractivity contribution in [2.45, 2.75) is 31.5 Å². The summed E-state index contributed by atoms with van der Waals surface area (Å²) >= 11 is 0. The largest absolute Gasteiger partial charge is 0.433 e. The van der Waals surface area contributed by atoms with Crippen LogP contribution in [0.4, 0.5) is 17.6 Å². The van der Waals surface area contributed by atoms with E-state index in [-0.39, 0.29) is 33.8 Å². The summed E-state index contributed by atoms with van der Waals surface area (Å²) < 4.78 is 79.4. The maximum Gasteiger partial charge on any atom is 0.433 e. The zero-order chi connectivity index (χ0) is 21.6. The molecule has 154 valence electrons. The summed E-state index contributed by atoms with van der Waals surface area (Å²) in [4.78, 5) is -0.185. The van der Waals surface area contributed by atoms with Gasteiger partial charge in [-0.3, -0.25) is 4.68 Å². The number of primary sulfonamides is 1. The lowest BCUT2D eigenvalue weighted by molar-refractivity contribution is -0.143. The molecule has 0 aliphatic heterocycles. The fourth-order valence-electron chi connectivity index (χ4n) is 3.01. The highest BCUT2D eigenvalue weighted by Crippen LogP contribution is 2.43. The summed E-state index contributed by atoms with van der Waals surface area (Å²) in [5.41, 5.74) is -0.764. The Morgan fingerprint density at radius 1 is 1.07 bits per heavy atom. The molecule has 0 aliphatic rings. The van der Waals surface area contributed by atoms with Crippen LogP contribution in [0.5, 0.6) is 0 Å². The van der Waals surface area contributed by atoms with Gasteiger partial charge in [-0.25, -0.2) is 17.9 Å². The monoisotopic (exact) mass is 427 g/mol. The summed E-state index contributed by atoms with van der Waals surface area (Å²) in [6.07, 6.45) is -4.74. The first-order chi connectivity index (χ1) is 13.4. The van der Waals surface area contributed by atoms with Crippen molar-refractivity contribution >= 4 is 10.0 Å². The molecule has 0 atom stereocenters. The Morgan fingerprint density at radius 3 is 2.14 bits per heavy atom. The smallest absolute Gasteiger partial charge is 0.260 e. The molecule has 3 aromatic rings. The van der Waals surface area contributed by atoms with Gasteiger partial charge in [0.2, 0.25) is 10.0 Å². The van der Waals surface area contributed by atoms with Crippen LogP contribution in [0.3, 0.4) is 0 Å². The molecule has 1 aromatic heterocycles. The molecule has 0 aliphatic carbocycles. The minimum atomic E-state index is -4.74. The van der Waals surface area contributed by atoms with E-state index < -0.39 is 27.7 Å². The number of rotatable bonds is 4. The van der Waals surface area contributed by atoms with Crippen molar-refractivity contribution in [3.8, 4) is 22.4 Å². The zero-order valence-electron chi connectivity index (χ0n) is 15.5. The topological polar surface area (TPSA) is 78.0 Å². The molecule has 0 bridgehead atoms. The standard InChI is InChI=1S/C19H17F4N3O2S/c1-3-26-18(19(21,22)23)16(13-5-4-11(2)15(20)10-13)17(25-26)12-6-8-14(9-7-12)29(24,27)28/h4-10H,3H2,1-2H3,(H2,24,27,28). The Kier molecular flexibility index (Phi) is 5.26. The van der Waals surface area contributed by atoms with Crippen LogP contribution in [0, 0.1) is 12.7 Å². The Labute approximate surface area is 164 Å². The number of hydrogen-bond donors (Lipinski definition) is 1. The molecule has 1 heterocycles. The third kappa shape index (κ3) is 4.03. The van der Waals surface area contributed by atoms with Gasteiger partial charge in [0.1, 0.15) is 11.5 Å². The second-order valence-corrected chi connectivity index (χ2v) is 7.98. The number of aromatic nitrogens is 2. The first-order valence-corrected chi connectivity index (χ1v) is 10.1. The van der Waals surface area contributed by atoms with E-state index in [1.165, 1.54) is 50.2 Å². The number of aryl methyl sites for hydroxylation is 2. The van der Waals surface area contributed by atoms with Crippen LogP contribution < -0.4 is 5.14 Å². The maximum atomic E-state index is 14.1. The molecule has 10 heteroatoms. The lowest BCUT2D eigenvalue weighted by Gasteiger charge is -2.12. The van der Waals surface area contributed by atoms with Gasteiger partial charge in [0, 0.05) is 17.7 Å². The molecule has 2 aromatic carbocycles. The minimum Gasteiger partial charge on any atom is -0.260 e. The van der Waals surface area contributed by atoms with Crippen molar-refractivity contribution in [3.05, 3.63) is 59.5 Å². The molecule has 0 amide bonds. The van der Waals surface area contributed by atoms with Gasteiger partial charge < -0.3 is 0 Å². The summed E-state index contributed by atoms with van der Waals surface area (Å²) in [6, 6.07) is 8.82. The van der Waals surface area contributed by atoms with E-state index in [4.69, 9.17) is 5.14 Å². The van der Waals surface area contributed by atoms with E-state index in [1.54, 1.807) is 0 Å². The van der Waals surface area contributed by atoms with Gasteiger partial charge in [0.15, 0.2) is 5.69 Å². The first-order valence-electron chi connectivity index (χ1n) is 8.51. The lowest BCUT2D eigenvalue weighted by atomic mass is 9.97. The normalized spacial score (nSPS) is 12.4. The highest BCUT2D eigenvalue weighted by molar-refractivity contribution is 7.89. The maximum absolute atomic E-state index is 14.1. The average molecular weight is 427 g/mol. The Hall–Kier alpha value is -2.72. The van der Waals surface area contributed by atoms with Crippen LogP contribution >= 0.6 is 0 Å². The molecule has 0 saturated carbocycles. The molecule has 29 heavy (non-hydrogen) atoms. The van der Waals surface area contributed by atoms with Crippen LogP contribution in [-0.2, 0) is 22.7 Å². The first kappa shape index (κ1) is 21.0. The van der Waals surface area contributed by atoms with Crippen LogP contribution in [0.25, 0.3) is 22.4 Å². The number of sulfonamides is 1. The third-order valence-electron chi connectivity index (χ3n) is 4.44. The number of benzene rings is 2. The molecule has 0 spiro atoms. The quantitative estimate of drug-likeness (QED) is 0.629. The van der Waals surface area contributed by atoms with E-state index in [1.807, 2.05) is 0 Å². The summed E-state index contributed by atoms with van der Waals surface area (Å²) in [5, 5.41) is 9.15. The van der Waals surface area contributed by atoms with Gasteiger partial charge in [0.05, 0.1) is 4.90 Å². The molecule has 5 nitrogen and oxygen atoms in total. The molecular formula is C19H17F4N3O2S. The fraction of sp³-hybridized carbons (Fsp3) is 0.211. The van der Waals surface area contributed by atoms with Gasteiger partial charge >= 0.3 is 6.18 Å². The van der Waals surface area contributed by atoms with Crippen LogP contribution in [0.15, 0.2) is 47.4 Å². The predicted octanol–water partition coefficient (Wildman–Crippen LogP) is 4.35. The molecular weight excluding hydrogens is 410 g/mol. The van der Waals surface area contributed by atoms with Crippen LogP contribution in [0.1, 0.15) is 18.2 Å². The number of nitrogens with zero attached hydrogens (tertiary/aromatic N) is 2. The van der Waals surface area contributed by atoms with Gasteiger partial charge in [-0.15, -0.1) is 0 Å².